The van der Waals surface area contributed by atoms with Crippen LogP contribution < -0.4 is 10.1 Å². The Balaban J connectivity index is 1.49. The minimum absolute atomic E-state index is 0.0341. The molecule has 0 saturated carbocycles. The molecule has 0 bridgehead atoms. The lowest BCUT2D eigenvalue weighted by Gasteiger charge is -2.38. The standard InChI is InChI=1S/C16H20Cl2N2O2/c17-13-2-1-12(9-14(13)18)22-10-15(21)20-7-4-16(5-8-20)3-6-19-11-16/h1-2,9,19H,3-8,10-11H2. The Hall–Kier alpha value is -0.970. The van der Waals surface area contributed by atoms with Crippen molar-refractivity contribution in [2.75, 3.05) is 32.8 Å². The average molecular weight is 343 g/mol. The summed E-state index contributed by atoms with van der Waals surface area (Å²) < 4.78 is 5.53. The number of piperidine rings is 1. The van der Waals surface area contributed by atoms with Crippen LogP contribution in [0.3, 0.4) is 0 Å². The third kappa shape index (κ3) is 3.50. The van der Waals surface area contributed by atoms with Gasteiger partial charge in [-0.1, -0.05) is 23.2 Å². The van der Waals surface area contributed by atoms with Gasteiger partial charge in [-0.05, 0) is 43.4 Å². The number of hydrogen-bond donors (Lipinski definition) is 1. The van der Waals surface area contributed by atoms with E-state index in [0.29, 0.717) is 21.2 Å². The molecule has 0 aromatic heterocycles. The highest BCUT2D eigenvalue weighted by Crippen LogP contribution is 2.36. The molecule has 6 heteroatoms. The lowest BCUT2D eigenvalue weighted by molar-refractivity contribution is -0.135. The van der Waals surface area contributed by atoms with Crippen LogP contribution in [0, 0.1) is 5.41 Å². The molecule has 2 aliphatic heterocycles. The first kappa shape index (κ1) is 15.9. The number of benzene rings is 1. The molecule has 0 unspecified atom stereocenters. The third-order valence-electron chi connectivity index (χ3n) is 4.76. The molecule has 2 aliphatic rings. The lowest BCUT2D eigenvalue weighted by atomic mass is 9.78. The average Bonchev–Trinajstić information content (AvgIpc) is 2.97. The van der Waals surface area contributed by atoms with E-state index in [9.17, 15) is 4.79 Å². The van der Waals surface area contributed by atoms with E-state index in [1.165, 1.54) is 6.42 Å². The number of nitrogens with one attached hydrogen (secondary N) is 1. The van der Waals surface area contributed by atoms with Crippen LogP contribution in [-0.2, 0) is 4.79 Å². The fourth-order valence-electron chi connectivity index (χ4n) is 3.26. The van der Waals surface area contributed by atoms with Gasteiger partial charge in [-0.25, -0.2) is 0 Å². The fraction of sp³-hybridized carbons (Fsp3) is 0.562. The molecule has 120 valence electrons. The van der Waals surface area contributed by atoms with Gasteiger partial charge in [0.2, 0.25) is 0 Å². The molecule has 1 aromatic carbocycles. The molecule has 1 aromatic rings. The van der Waals surface area contributed by atoms with Crippen LogP contribution in [0.25, 0.3) is 0 Å². The number of carbonyl (C=O) groups excluding carboxylic acids is 1. The van der Waals surface area contributed by atoms with E-state index < -0.39 is 0 Å². The summed E-state index contributed by atoms with van der Waals surface area (Å²) in [7, 11) is 0. The lowest BCUT2D eigenvalue weighted by Crippen LogP contribution is -2.45. The van der Waals surface area contributed by atoms with E-state index >= 15 is 0 Å². The maximum Gasteiger partial charge on any atom is 0.260 e. The zero-order valence-corrected chi connectivity index (χ0v) is 13.9. The van der Waals surface area contributed by atoms with Crippen molar-refractivity contribution in [3.63, 3.8) is 0 Å². The van der Waals surface area contributed by atoms with Crippen molar-refractivity contribution in [2.24, 2.45) is 5.41 Å². The normalized spacial score (nSPS) is 20.4. The molecule has 2 heterocycles. The second-order valence-electron chi connectivity index (χ2n) is 6.17. The third-order valence-corrected chi connectivity index (χ3v) is 5.50. The van der Waals surface area contributed by atoms with E-state index in [1.807, 2.05) is 4.90 Å². The Kier molecular flexibility index (Phi) is 4.81. The van der Waals surface area contributed by atoms with Gasteiger partial charge in [0.25, 0.3) is 5.91 Å². The second kappa shape index (κ2) is 6.65. The van der Waals surface area contributed by atoms with Gasteiger partial charge >= 0.3 is 0 Å². The minimum Gasteiger partial charge on any atom is -0.484 e. The number of nitrogens with zero attached hydrogens (tertiary/aromatic N) is 1. The van der Waals surface area contributed by atoms with Crippen molar-refractivity contribution in [3.8, 4) is 5.75 Å². The van der Waals surface area contributed by atoms with Gasteiger partial charge in [-0.3, -0.25) is 4.79 Å². The summed E-state index contributed by atoms with van der Waals surface area (Å²) >= 11 is 11.8. The van der Waals surface area contributed by atoms with E-state index in [1.54, 1.807) is 18.2 Å². The van der Waals surface area contributed by atoms with E-state index in [2.05, 4.69) is 5.32 Å². The molecule has 3 rings (SSSR count). The number of carbonyl (C=O) groups is 1. The molecule has 2 saturated heterocycles. The highest BCUT2D eigenvalue weighted by atomic mass is 35.5. The van der Waals surface area contributed by atoms with Crippen molar-refractivity contribution in [2.45, 2.75) is 19.3 Å². The smallest absolute Gasteiger partial charge is 0.260 e. The zero-order valence-electron chi connectivity index (χ0n) is 12.4. The van der Waals surface area contributed by atoms with Crippen molar-refractivity contribution in [1.82, 2.24) is 10.2 Å². The van der Waals surface area contributed by atoms with Crippen LogP contribution >= 0.6 is 23.2 Å². The number of likely N-dealkylation sites (tertiary alicyclic amines) is 1. The van der Waals surface area contributed by atoms with Crippen molar-refractivity contribution in [1.29, 1.82) is 0 Å². The largest absolute Gasteiger partial charge is 0.484 e. The second-order valence-corrected chi connectivity index (χ2v) is 6.99. The fourth-order valence-corrected chi connectivity index (χ4v) is 3.54. The first-order valence-corrected chi connectivity index (χ1v) is 8.40. The molecule has 2 fully saturated rings. The Bertz CT molecular complexity index is 549. The maximum atomic E-state index is 12.3. The summed E-state index contributed by atoms with van der Waals surface area (Å²) in [5, 5.41) is 4.34. The van der Waals surface area contributed by atoms with Gasteiger partial charge in [-0.15, -0.1) is 0 Å². The molecule has 1 amide bonds. The molecule has 4 nitrogen and oxygen atoms in total. The van der Waals surface area contributed by atoms with Crippen LogP contribution in [0.4, 0.5) is 0 Å². The van der Waals surface area contributed by atoms with E-state index in [0.717, 1.165) is 39.0 Å². The molecule has 22 heavy (non-hydrogen) atoms. The van der Waals surface area contributed by atoms with Gasteiger partial charge < -0.3 is 15.0 Å². The molecule has 0 radical (unpaired) electrons. The van der Waals surface area contributed by atoms with Crippen LogP contribution in [0.15, 0.2) is 18.2 Å². The predicted molar refractivity (Wildman–Crippen MR) is 87.7 cm³/mol. The molecule has 1 spiro atoms. The topological polar surface area (TPSA) is 41.6 Å². The minimum atomic E-state index is 0.0341. The molecular weight excluding hydrogens is 323 g/mol. The Morgan fingerprint density at radius 1 is 1.23 bits per heavy atom. The van der Waals surface area contributed by atoms with Crippen molar-refractivity contribution < 1.29 is 9.53 Å². The van der Waals surface area contributed by atoms with Crippen LogP contribution in [0.5, 0.6) is 5.75 Å². The summed E-state index contributed by atoms with van der Waals surface area (Å²) in [4.78, 5) is 14.2. The van der Waals surface area contributed by atoms with Crippen LogP contribution in [0.1, 0.15) is 19.3 Å². The van der Waals surface area contributed by atoms with Gasteiger partial charge in [-0.2, -0.15) is 0 Å². The molecular formula is C16H20Cl2N2O2. The molecule has 0 atom stereocenters. The summed E-state index contributed by atoms with van der Waals surface area (Å²) in [6, 6.07) is 5.02. The first-order valence-electron chi connectivity index (χ1n) is 7.64. The number of hydrogen-bond acceptors (Lipinski definition) is 3. The summed E-state index contributed by atoms with van der Waals surface area (Å²) in [5.74, 6) is 0.600. The number of amides is 1. The number of halogens is 2. The molecule has 1 N–H and O–H groups in total. The van der Waals surface area contributed by atoms with Crippen LogP contribution in [0.2, 0.25) is 10.0 Å². The first-order chi connectivity index (χ1) is 10.6. The van der Waals surface area contributed by atoms with Gasteiger partial charge in [0.1, 0.15) is 5.75 Å². The SMILES string of the molecule is O=C(COc1ccc(Cl)c(Cl)c1)N1CCC2(CCNC2)CC1. The summed E-state index contributed by atoms with van der Waals surface area (Å²) in [6.07, 6.45) is 3.39. The monoisotopic (exact) mass is 342 g/mol. The number of rotatable bonds is 3. The summed E-state index contributed by atoms with van der Waals surface area (Å²) in [5.41, 5.74) is 0.418. The number of ether oxygens (including phenoxy) is 1. The summed E-state index contributed by atoms with van der Waals surface area (Å²) in [6.45, 7) is 3.89. The van der Waals surface area contributed by atoms with Crippen molar-refractivity contribution in [3.05, 3.63) is 28.2 Å². The quantitative estimate of drug-likeness (QED) is 0.918. The highest BCUT2D eigenvalue weighted by Gasteiger charge is 2.37. The highest BCUT2D eigenvalue weighted by molar-refractivity contribution is 6.42. The van der Waals surface area contributed by atoms with Crippen molar-refractivity contribution >= 4 is 29.1 Å². The van der Waals surface area contributed by atoms with Gasteiger partial charge in [0, 0.05) is 25.7 Å². The Labute approximate surface area is 140 Å². The van der Waals surface area contributed by atoms with Gasteiger partial charge in [0.15, 0.2) is 6.61 Å². The van der Waals surface area contributed by atoms with E-state index in [-0.39, 0.29) is 12.5 Å². The Morgan fingerprint density at radius 2 is 2.00 bits per heavy atom. The Morgan fingerprint density at radius 3 is 2.64 bits per heavy atom. The van der Waals surface area contributed by atoms with E-state index in [4.69, 9.17) is 27.9 Å². The zero-order chi connectivity index (χ0) is 15.6. The van der Waals surface area contributed by atoms with Crippen LogP contribution in [-0.4, -0.2) is 43.6 Å². The predicted octanol–water partition coefficient (Wildman–Crippen LogP) is 2.97. The van der Waals surface area contributed by atoms with Gasteiger partial charge in [0.05, 0.1) is 10.0 Å². The molecule has 0 aliphatic carbocycles. The maximum absolute atomic E-state index is 12.3.